The summed E-state index contributed by atoms with van der Waals surface area (Å²) in [6.07, 6.45) is 8.12. The number of likely N-dealkylation sites (tertiary alicyclic amines) is 1. The SMILES string of the molecule is COC(=O)C[C@@H]1CSC(c2cc3cc(CN4CCCC4)cc(NC4CCCC4)c3[nH]2)=N1. The zero-order valence-corrected chi connectivity index (χ0v) is 19.1. The first-order valence-corrected chi connectivity index (χ1v) is 12.6. The predicted octanol–water partition coefficient (Wildman–Crippen LogP) is 4.54. The van der Waals surface area contributed by atoms with Gasteiger partial charge in [-0.2, -0.15) is 0 Å². The van der Waals surface area contributed by atoms with Gasteiger partial charge in [0.2, 0.25) is 0 Å². The van der Waals surface area contributed by atoms with Crippen molar-refractivity contribution >= 4 is 39.4 Å². The highest BCUT2D eigenvalue weighted by Gasteiger charge is 2.24. The number of hydrogen-bond acceptors (Lipinski definition) is 6. The van der Waals surface area contributed by atoms with E-state index in [0.29, 0.717) is 12.5 Å². The minimum absolute atomic E-state index is 0.000624. The zero-order valence-electron chi connectivity index (χ0n) is 18.3. The third-order valence-corrected chi connectivity index (χ3v) is 7.83. The molecule has 1 atom stereocenters. The van der Waals surface area contributed by atoms with Gasteiger partial charge >= 0.3 is 5.97 Å². The summed E-state index contributed by atoms with van der Waals surface area (Å²) in [6, 6.07) is 7.48. The van der Waals surface area contributed by atoms with E-state index in [-0.39, 0.29) is 12.0 Å². The van der Waals surface area contributed by atoms with E-state index in [2.05, 4.69) is 33.4 Å². The molecule has 2 N–H and O–H groups in total. The molecule has 1 aliphatic carbocycles. The minimum Gasteiger partial charge on any atom is -0.469 e. The Labute approximate surface area is 188 Å². The van der Waals surface area contributed by atoms with Crippen LogP contribution in [0.2, 0.25) is 0 Å². The van der Waals surface area contributed by atoms with Gasteiger partial charge in [0.1, 0.15) is 5.04 Å². The van der Waals surface area contributed by atoms with Gasteiger partial charge < -0.3 is 15.0 Å². The summed E-state index contributed by atoms with van der Waals surface area (Å²) in [7, 11) is 1.44. The number of benzene rings is 1. The molecule has 0 radical (unpaired) electrons. The van der Waals surface area contributed by atoms with E-state index in [1.54, 1.807) is 11.8 Å². The molecule has 166 valence electrons. The summed E-state index contributed by atoms with van der Waals surface area (Å²) in [4.78, 5) is 22.6. The maximum absolute atomic E-state index is 11.6. The number of thioether (sulfide) groups is 1. The third-order valence-electron chi connectivity index (χ3n) is 6.68. The predicted molar refractivity (Wildman–Crippen MR) is 128 cm³/mol. The monoisotopic (exact) mass is 440 g/mol. The van der Waals surface area contributed by atoms with Crippen LogP contribution in [0.15, 0.2) is 23.2 Å². The quantitative estimate of drug-likeness (QED) is 0.619. The number of carbonyl (C=O) groups excluding carboxylic acids is 1. The Kier molecular flexibility index (Phi) is 6.23. The lowest BCUT2D eigenvalue weighted by atomic mass is 10.1. The number of fused-ring (bicyclic) bond motifs is 1. The van der Waals surface area contributed by atoms with Gasteiger partial charge in [0.15, 0.2) is 0 Å². The van der Waals surface area contributed by atoms with Crippen molar-refractivity contribution in [3.63, 3.8) is 0 Å². The molecule has 6 nitrogen and oxygen atoms in total. The Morgan fingerprint density at radius 3 is 2.81 bits per heavy atom. The summed E-state index contributed by atoms with van der Waals surface area (Å²) in [5.74, 6) is 0.634. The van der Waals surface area contributed by atoms with E-state index in [4.69, 9.17) is 9.73 Å². The number of aliphatic imine (C=N–C) groups is 1. The van der Waals surface area contributed by atoms with Gasteiger partial charge in [-0.15, -0.1) is 11.8 Å². The molecule has 3 heterocycles. The molecule has 7 heteroatoms. The summed E-state index contributed by atoms with van der Waals surface area (Å²) < 4.78 is 4.81. The lowest BCUT2D eigenvalue weighted by Crippen LogP contribution is -2.19. The smallest absolute Gasteiger partial charge is 0.307 e. The Balaban J connectivity index is 1.44. The van der Waals surface area contributed by atoms with Crippen molar-refractivity contribution in [2.45, 2.75) is 63.6 Å². The van der Waals surface area contributed by atoms with Gasteiger partial charge in [-0.05, 0) is 62.5 Å². The first-order chi connectivity index (χ1) is 15.2. The molecule has 0 bridgehead atoms. The number of nitrogens with zero attached hydrogens (tertiary/aromatic N) is 2. The molecule has 2 fully saturated rings. The summed E-state index contributed by atoms with van der Waals surface area (Å²) in [5.41, 5.74) is 4.83. The molecular formula is C24H32N4O2S. The standard InChI is InChI=1S/C24H32N4O2S/c1-30-22(29)13-19-15-31-24(26-19)21-12-17-10-16(14-28-8-4-5-9-28)11-20(23(17)27-21)25-18-6-2-3-7-18/h10-12,18-19,25,27H,2-9,13-15H2,1H3/t19-/m1/s1. The summed E-state index contributed by atoms with van der Waals surface area (Å²) >= 11 is 1.72. The highest BCUT2D eigenvalue weighted by Crippen LogP contribution is 2.33. The first-order valence-electron chi connectivity index (χ1n) is 11.6. The number of rotatable bonds is 7. The molecule has 1 aromatic carbocycles. The highest BCUT2D eigenvalue weighted by molar-refractivity contribution is 8.14. The number of hydrogen-bond donors (Lipinski definition) is 2. The Hall–Kier alpha value is -1.99. The molecule has 2 aromatic rings. The van der Waals surface area contributed by atoms with Crippen LogP contribution in [0.1, 0.15) is 56.2 Å². The molecule has 3 aliphatic rings. The fourth-order valence-corrected chi connectivity index (χ4v) is 6.09. The molecule has 31 heavy (non-hydrogen) atoms. The molecule has 0 amide bonds. The van der Waals surface area contributed by atoms with Gasteiger partial charge in [0.25, 0.3) is 0 Å². The number of nitrogens with one attached hydrogen (secondary N) is 2. The van der Waals surface area contributed by atoms with Crippen LogP contribution >= 0.6 is 11.8 Å². The Bertz CT molecular complexity index is 973. The average molecular weight is 441 g/mol. The first kappa shape index (κ1) is 20.9. The number of anilines is 1. The largest absolute Gasteiger partial charge is 0.469 e. The maximum Gasteiger partial charge on any atom is 0.307 e. The average Bonchev–Trinajstić information content (AvgIpc) is 3.55. The van der Waals surface area contributed by atoms with E-state index in [0.717, 1.165) is 23.0 Å². The van der Waals surface area contributed by atoms with E-state index in [9.17, 15) is 4.79 Å². The molecule has 0 spiro atoms. The van der Waals surface area contributed by atoms with Crippen LogP contribution in [0.3, 0.4) is 0 Å². The number of H-pyrrole nitrogens is 1. The van der Waals surface area contributed by atoms with Crippen LogP contribution in [0.25, 0.3) is 10.9 Å². The molecule has 1 saturated carbocycles. The lowest BCUT2D eigenvalue weighted by molar-refractivity contribution is -0.140. The van der Waals surface area contributed by atoms with Gasteiger partial charge in [-0.25, -0.2) is 0 Å². The van der Waals surface area contributed by atoms with Gasteiger partial charge in [-0.3, -0.25) is 14.7 Å². The van der Waals surface area contributed by atoms with Crippen LogP contribution < -0.4 is 5.32 Å². The van der Waals surface area contributed by atoms with Crippen molar-refractivity contribution < 1.29 is 9.53 Å². The molecule has 1 saturated heterocycles. The number of aromatic nitrogens is 1. The number of carbonyl (C=O) groups is 1. The van der Waals surface area contributed by atoms with Gasteiger partial charge in [0, 0.05) is 23.7 Å². The van der Waals surface area contributed by atoms with Crippen LogP contribution in [0.4, 0.5) is 5.69 Å². The number of aromatic amines is 1. The van der Waals surface area contributed by atoms with E-state index in [1.165, 1.54) is 80.9 Å². The van der Waals surface area contributed by atoms with Crippen molar-refractivity contribution in [2.75, 3.05) is 31.3 Å². The second-order valence-corrected chi connectivity index (χ2v) is 10.1. The zero-order chi connectivity index (χ0) is 21.2. The van der Waals surface area contributed by atoms with Crippen LogP contribution in [-0.4, -0.2) is 58.9 Å². The van der Waals surface area contributed by atoms with Crippen LogP contribution in [0.5, 0.6) is 0 Å². The number of methoxy groups -OCH3 is 1. The van der Waals surface area contributed by atoms with E-state index in [1.807, 2.05) is 0 Å². The van der Waals surface area contributed by atoms with E-state index < -0.39 is 0 Å². The van der Waals surface area contributed by atoms with E-state index >= 15 is 0 Å². The summed E-state index contributed by atoms with van der Waals surface area (Å²) in [6.45, 7) is 3.43. The Morgan fingerprint density at radius 2 is 2.03 bits per heavy atom. The number of esters is 1. The molecule has 2 aliphatic heterocycles. The van der Waals surface area contributed by atoms with Crippen molar-refractivity contribution in [3.8, 4) is 0 Å². The van der Waals surface area contributed by atoms with Crippen molar-refractivity contribution in [3.05, 3.63) is 29.5 Å². The fourth-order valence-electron chi connectivity index (χ4n) is 5.06. The molecular weight excluding hydrogens is 408 g/mol. The maximum atomic E-state index is 11.6. The lowest BCUT2D eigenvalue weighted by Gasteiger charge is -2.18. The summed E-state index contributed by atoms with van der Waals surface area (Å²) in [5, 5.41) is 6.08. The van der Waals surface area contributed by atoms with Crippen LogP contribution in [0, 0.1) is 0 Å². The third kappa shape index (κ3) is 4.77. The van der Waals surface area contributed by atoms with Crippen molar-refractivity contribution in [2.24, 2.45) is 4.99 Å². The van der Waals surface area contributed by atoms with Gasteiger partial charge in [-0.1, -0.05) is 12.8 Å². The minimum atomic E-state index is -0.193. The second kappa shape index (κ2) is 9.25. The molecule has 1 aromatic heterocycles. The Morgan fingerprint density at radius 1 is 1.23 bits per heavy atom. The van der Waals surface area contributed by atoms with Crippen molar-refractivity contribution in [1.82, 2.24) is 9.88 Å². The fraction of sp³-hybridized carbons (Fsp3) is 0.583. The molecule has 0 unspecified atom stereocenters. The molecule has 5 rings (SSSR count). The van der Waals surface area contributed by atoms with Crippen LogP contribution in [-0.2, 0) is 16.1 Å². The van der Waals surface area contributed by atoms with Crippen molar-refractivity contribution in [1.29, 1.82) is 0 Å². The normalized spacial score (nSPS) is 22.4. The number of ether oxygens (including phenoxy) is 1. The highest BCUT2D eigenvalue weighted by atomic mass is 32.2. The van der Waals surface area contributed by atoms with Gasteiger partial charge in [0.05, 0.1) is 36.5 Å². The topological polar surface area (TPSA) is 69.7 Å². The second-order valence-electron chi connectivity index (χ2n) is 9.08.